The molecular weight excluding hydrogens is 412 g/mol. The van der Waals surface area contributed by atoms with E-state index < -0.39 is 0 Å². The molecule has 1 amide bonds. The monoisotopic (exact) mass is 440 g/mol. The summed E-state index contributed by atoms with van der Waals surface area (Å²) in [6, 6.07) is 17.9. The molecule has 3 heterocycles. The van der Waals surface area contributed by atoms with Crippen LogP contribution in [-0.2, 0) is 6.42 Å². The summed E-state index contributed by atoms with van der Waals surface area (Å²) in [6.45, 7) is 6.90. The molecular formula is C26H28N6O. The van der Waals surface area contributed by atoms with Gasteiger partial charge in [-0.2, -0.15) is 5.10 Å². The number of anilines is 1. The summed E-state index contributed by atoms with van der Waals surface area (Å²) in [5.74, 6) is 1.84. The third-order valence-corrected chi connectivity index (χ3v) is 6.17. The van der Waals surface area contributed by atoms with E-state index in [1.54, 1.807) is 0 Å². The molecule has 0 unspecified atom stereocenters. The highest BCUT2D eigenvalue weighted by Crippen LogP contribution is 2.27. The van der Waals surface area contributed by atoms with E-state index in [-0.39, 0.29) is 5.91 Å². The van der Waals surface area contributed by atoms with Crippen LogP contribution in [0.3, 0.4) is 0 Å². The highest BCUT2D eigenvalue weighted by Gasteiger charge is 2.26. The van der Waals surface area contributed by atoms with E-state index in [9.17, 15) is 4.79 Å². The number of carbonyl (C=O) groups excluding carboxylic acids is 1. The van der Waals surface area contributed by atoms with Crippen molar-refractivity contribution in [2.45, 2.75) is 26.7 Å². The number of aromatic nitrogens is 4. The predicted octanol–water partition coefficient (Wildman–Crippen LogP) is 4.04. The maximum absolute atomic E-state index is 13.0. The Morgan fingerprint density at radius 3 is 2.39 bits per heavy atom. The number of hydrogen-bond acceptors (Lipinski definition) is 5. The highest BCUT2D eigenvalue weighted by atomic mass is 16.2. The van der Waals surface area contributed by atoms with E-state index in [4.69, 9.17) is 9.97 Å². The first-order chi connectivity index (χ1) is 16.2. The third-order valence-electron chi connectivity index (χ3n) is 6.17. The number of fused-ring (bicyclic) bond motifs is 1. The SMILES string of the molecule is CCCc1nc(N2CCN(C(=O)c3ccccc3C)CC2)c2cnn(-c3ccccc3)c2n1. The van der Waals surface area contributed by atoms with Gasteiger partial charge in [0.05, 0.1) is 17.3 Å². The van der Waals surface area contributed by atoms with Crippen molar-refractivity contribution in [2.75, 3.05) is 31.1 Å². The molecule has 33 heavy (non-hydrogen) atoms. The summed E-state index contributed by atoms with van der Waals surface area (Å²) in [5.41, 5.74) is 3.60. The van der Waals surface area contributed by atoms with Crippen LogP contribution in [0.2, 0.25) is 0 Å². The maximum atomic E-state index is 13.0. The fourth-order valence-electron chi connectivity index (χ4n) is 4.38. The van der Waals surface area contributed by atoms with Gasteiger partial charge in [-0.05, 0) is 37.1 Å². The van der Waals surface area contributed by atoms with Crippen LogP contribution in [-0.4, -0.2) is 56.7 Å². The fourth-order valence-corrected chi connectivity index (χ4v) is 4.38. The summed E-state index contributed by atoms with van der Waals surface area (Å²) in [5, 5.41) is 5.58. The van der Waals surface area contributed by atoms with Gasteiger partial charge in [0.1, 0.15) is 11.6 Å². The molecule has 0 saturated carbocycles. The van der Waals surface area contributed by atoms with Crippen LogP contribution in [0.5, 0.6) is 0 Å². The number of aryl methyl sites for hydroxylation is 2. The topological polar surface area (TPSA) is 67.2 Å². The van der Waals surface area contributed by atoms with Gasteiger partial charge >= 0.3 is 0 Å². The lowest BCUT2D eigenvalue weighted by atomic mass is 10.1. The van der Waals surface area contributed by atoms with E-state index in [2.05, 4.69) is 16.9 Å². The minimum atomic E-state index is 0.101. The number of piperazine rings is 1. The fraction of sp³-hybridized carbons (Fsp3) is 0.308. The number of carbonyl (C=O) groups is 1. The van der Waals surface area contributed by atoms with Crippen molar-refractivity contribution >= 4 is 22.8 Å². The molecule has 2 aromatic heterocycles. The minimum Gasteiger partial charge on any atom is -0.352 e. The van der Waals surface area contributed by atoms with Crippen molar-refractivity contribution in [3.63, 3.8) is 0 Å². The Bertz CT molecular complexity index is 1270. The van der Waals surface area contributed by atoms with Gasteiger partial charge in [-0.15, -0.1) is 0 Å². The largest absolute Gasteiger partial charge is 0.352 e. The molecule has 1 aliphatic rings. The van der Waals surface area contributed by atoms with E-state index in [1.165, 1.54) is 0 Å². The van der Waals surface area contributed by atoms with E-state index in [0.29, 0.717) is 13.1 Å². The second-order valence-electron chi connectivity index (χ2n) is 8.44. The van der Waals surface area contributed by atoms with Crippen LogP contribution < -0.4 is 4.90 Å². The Morgan fingerprint density at radius 2 is 1.67 bits per heavy atom. The van der Waals surface area contributed by atoms with Crippen LogP contribution in [0.15, 0.2) is 60.8 Å². The summed E-state index contributed by atoms with van der Waals surface area (Å²) >= 11 is 0. The van der Waals surface area contributed by atoms with Gasteiger partial charge in [-0.1, -0.05) is 43.3 Å². The summed E-state index contributed by atoms with van der Waals surface area (Å²) in [6.07, 6.45) is 3.65. The number of amides is 1. The lowest BCUT2D eigenvalue weighted by molar-refractivity contribution is 0.0746. The van der Waals surface area contributed by atoms with E-state index >= 15 is 0 Å². The molecule has 0 N–H and O–H groups in total. The molecule has 0 radical (unpaired) electrons. The van der Waals surface area contributed by atoms with E-state index in [0.717, 1.165) is 65.4 Å². The lowest BCUT2D eigenvalue weighted by Crippen LogP contribution is -2.49. The summed E-state index contributed by atoms with van der Waals surface area (Å²) in [4.78, 5) is 27.0. The standard InChI is InChI=1S/C26H28N6O/c1-3-9-23-28-24(22-18-27-32(25(22)29-23)20-11-5-4-6-12-20)30-14-16-31(17-15-30)26(33)21-13-8-7-10-19(21)2/h4-8,10-13,18H,3,9,14-17H2,1-2H3. The van der Waals surface area contributed by atoms with Gasteiger partial charge in [0.15, 0.2) is 5.65 Å². The van der Waals surface area contributed by atoms with Gasteiger partial charge in [0.25, 0.3) is 5.91 Å². The van der Waals surface area contributed by atoms with Crippen LogP contribution >= 0.6 is 0 Å². The Hall–Kier alpha value is -3.74. The minimum absolute atomic E-state index is 0.101. The molecule has 1 aliphatic heterocycles. The first kappa shape index (κ1) is 21.1. The van der Waals surface area contributed by atoms with E-state index in [1.807, 2.05) is 77.3 Å². The first-order valence-electron chi connectivity index (χ1n) is 11.6. The average molecular weight is 441 g/mol. The first-order valence-corrected chi connectivity index (χ1v) is 11.6. The highest BCUT2D eigenvalue weighted by molar-refractivity contribution is 5.96. The second-order valence-corrected chi connectivity index (χ2v) is 8.44. The van der Waals surface area contributed by atoms with Crippen molar-refractivity contribution in [2.24, 2.45) is 0 Å². The molecule has 1 saturated heterocycles. The zero-order valence-corrected chi connectivity index (χ0v) is 19.1. The molecule has 7 nitrogen and oxygen atoms in total. The predicted molar refractivity (Wildman–Crippen MR) is 130 cm³/mol. The molecule has 1 fully saturated rings. The number of nitrogens with zero attached hydrogens (tertiary/aromatic N) is 6. The summed E-state index contributed by atoms with van der Waals surface area (Å²) in [7, 11) is 0. The van der Waals surface area contributed by atoms with Crippen LogP contribution in [0.25, 0.3) is 16.7 Å². The van der Waals surface area contributed by atoms with Crippen molar-refractivity contribution in [1.29, 1.82) is 0 Å². The smallest absolute Gasteiger partial charge is 0.254 e. The molecule has 168 valence electrons. The Balaban J connectivity index is 1.44. The zero-order chi connectivity index (χ0) is 22.8. The maximum Gasteiger partial charge on any atom is 0.254 e. The number of para-hydroxylation sites is 1. The van der Waals surface area contributed by atoms with Gasteiger partial charge in [0.2, 0.25) is 0 Å². The van der Waals surface area contributed by atoms with Crippen LogP contribution in [0.4, 0.5) is 5.82 Å². The Kier molecular flexibility index (Phi) is 5.77. The Labute approximate surface area is 193 Å². The van der Waals surface area contributed by atoms with Crippen molar-refractivity contribution < 1.29 is 4.79 Å². The van der Waals surface area contributed by atoms with Gasteiger partial charge < -0.3 is 9.80 Å². The lowest BCUT2D eigenvalue weighted by Gasteiger charge is -2.36. The normalized spacial score (nSPS) is 14.1. The Morgan fingerprint density at radius 1 is 0.939 bits per heavy atom. The average Bonchev–Trinajstić information content (AvgIpc) is 3.28. The molecule has 0 bridgehead atoms. The summed E-state index contributed by atoms with van der Waals surface area (Å²) < 4.78 is 1.89. The van der Waals surface area contributed by atoms with Gasteiger partial charge in [-0.3, -0.25) is 4.79 Å². The quantitative estimate of drug-likeness (QED) is 0.469. The van der Waals surface area contributed by atoms with Crippen LogP contribution in [0.1, 0.15) is 35.1 Å². The van der Waals surface area contributed by atoms with Gasteiger partial charge in [-0.25, -0.2) is 14.6 Å². The third kappa shape index (κ3) is 4.06. The number of benzene rings is 2. The zero-order valence-electron chi connectivity index (χ0n) is 19.1. The van der Waals surface area contributed by atoms with Crippen LogP contribution in [0, 0.1) is 6.92 Å². The number of hydrogen-bond donors (Lipinski definition) is 0. The molecule has 0 atom stereocenters. The molecule has 5 rings (SSSR count). The molecule has 7 heteroatoms. The molecule has 2 aromatic carbocycles. The van der Waals surface area contributed by atoms with Crippen molar-refractivity contribution in [1.82, 2.24) is 24.6 Å². The molecule has 0 aliphatic carbocycles. The molecule has 0 spiro atoms. The number of rotatable bonds is 5. The second kappa shape index (κ2) is 9.02. The molecule has 4 aromatic rings. The van der Waals surface area contributed by atoms with Crippen molar-refractivity contribution in [3.05, 3.63) is 77.7 Å². The van der Waals surface area contributed by atoms with Gasteiger partial charge in [0, 0.05) is 38.2 Å². The van der Waals surface area contributed by atoms with Crippen molar-refractivity contribution in [3.8, 4) is 5.69 Å².